The molecule has 1 fully saturated rings. The third-order valence-corrected chi connectivity index (χ3v) is 3.73. The summed E-state index contributed by atoms with van der Waals surface area (Å²) in [6.07, 6.45) is -1.02. The van der Waals surface area contributed by atoms with E-state index in [2.05, 4.69) is 29.0 Å². The fraction of sp³-hybridized carbons (Fsp3) is 0.533. The summed E-state index contributed by atoms with van der Waals surface area (Å²) in [4.78, 5) is 15.1. The highest BCUT2D eigenvalue weighted by Crippen LogP contribution is 2.25. The minimum atomic E-state index is -0.956. The quantitative estimate of drug-likeness (QED) is 0.834. The number of aliphatic hydroxyl groups excluding tert-OH is 1. The van der Waals surface area contributed by atoms with Gasteiger partial charge in [0.2, 0.25) is 0 Å². The van der Waals surface area contributed by atoms with E-state index in [0.717, 1.165) is 19.6 Å². The van der Waals surface area contributed by atoms with Gasteiger partial charge in [-0.1, -0.05) is 30.3 Å². The molecule has 1 aliphatic heterocycles. The Morgan fingerprint density at radius 3 is 2.70 bits per heavy atom. The van der Waals surface area contributed by atoms with Crippen molar-refractivity contribution >= 4 is 5.97 Å². The third-order valence-electron chi connectivity index (χ3n) is 3.73. The number of carboxylic acids is 1. The van der Waals surface area contributed by atoms with E-state index in [-0.39, 0.29) is 12.5 Å². The fourth-order valence-electron chi connectivity index (χ4n) is 2.70. The minimum absolute atomic E-state index is 0.201. The molecule has 2 rings (SSSR count). The van der Waals surface area contributed by atoms with Crippen LogP contribution in [0.3, 0.4) is 0 Å². The number of β-amino-alcohol motifs (C(OH)–C–C–N with tert-alkyl or cyclic N) is 1. The molecule has 0 aliphatic carbocycles. The van der Waals surface area contributed by atoms with E-state index in [0.29, 0.717) is 6.54 Å². The highest BCUT2D eigenvalue weighted by Gasteiger charge is 2.28. The van der Waals surface area contributed by atoms with Crippen molar-refractivity contribution in [2.75, 3.05) is 33.2 Å². The van der Waals surface area contributed by atoms with E-state index in [4.69, 9.17) is 5.11 Å². The molecular weight excluding hydrogens is 256 g/mol. The number of hydrogen-bond donors (Lipinski definition) is 2. The maximum absolute atomic E-state index is 10.7. The van der Waals surface area contributed by atoms with Gasteiger partial charge in [0.25, 0.3) is 0 Å². The molecule has 1 aliphatic rings. The molecule has 1 heterocycles. The molecule has 0 amide bonds. The molecule has 2 atom stereocenters. The zero-order valence-corrected chi connectivity index (χ0v) is 11.8. The normalized spacial score (nSPS) is 22.6. The van der Waals surface area contributed by atoms with Crippen molar-refractivity contribution in [2.24, 2.45) is 0 Å². The number of benzene rings is 1. The van der Waals surface area contributed by atoms with Crippen LogP contribution in [0.25, 0.3) is 0 Å². The maximum atomic E-state index is 10.7. The number of nitrogens with zero attached hydrogens (tertiary/aromatic N) is 2. The van der Waals surface area contributed by atoms with Crippen LogP contribution in [-0.4, -0.2) is 65.3 Å². The zero-order chi connectivity index (χ0) is 14.5. The molecule has 110 valence electrons. The van der Waals surface area contributed by atoms with Gasteiger partial charge in [-0.2, -0.15) is 0 Å². The molecule has 20 heavy (non-hydrogen) atoms. The van der Waals surface area contributed by atoms with Gasteiger partial charge >= 0.3 is 5.97 Å². The van der Waals surface area contributed by atoms with Crippen LogP contribution in [0.1, 0.15) is 18.0 Å². The lowest BCUT2D eigenvalue weighted by molar-refractivity contribution is -0.139. The zero-order valence-electron chi connectivity index (χ0n) is 11.8. The number of rotatable bonds is 5. The maximum Gasteiger partial charge on any atom is 0.306 e. The molecule has 0 radical (unpaired) electrons. The monoisotopic (exact) mass is 278 g/mol. The van der Waals surface area contributed by atoms with Crippen LogP contribution >= 0.6 is 0 Å². The largest absolute Gasteiger partial charge is 0.481 e. The molecule has 0 spiro atoms. The lowest BCUT2D eigenvalue weighted by atomic mass is 10.0. The fourth-order valence-corrected chi connectivity index (χ4v) is 2.70. The van der Waals surface area contributed by atoms with E-state index >= 15 is 0 Å². The van der Waals surface area contributed by atoms with Crippen molar-refractivity contribution in [1.29, 1.82) is 0 Å². The summed E-state index contributed by atoms with van der Waals surface area (Å²) in [5.74, 6) is -0.956. The third kappa shape index (κ3) is 4.03. The number of carboxylic acid groups (broad SMARTS) is 1. The highest BCUT2D eigenvalue weighted by molar-refractivity contribution is 5.67. The molecule has 2 N–H and O–H groups in total. The van der Waals surface area contributed by atoms with Gasteiger partial charge in [0.15, 0.2) is 0 Å². The first-order valence-corrected chi connectivity index (χ1v) is 6.93. The van der Waals surface area contributed by atoms with Crippen LogP contribution in [0.5, 0.6) is 0 Å². The van der Waals surface area contributed by atoms with Crippen LogP contribution in [0.4, 0.5) is 0 Å². The molecule has 0 saturated carbocycles. The van der Waals surface area contributed by atoms with Crippen LogP contribution in [0, 0.1) is 0 Å². The van der Waals surface area contributed by atoms with Gasteiger partial charge in [-0.05, 0) is 12.6 Å². The van der Waals surface area contributed by atoms with Gasteiger partial charge in [0, 0.05) is 32.2 Å². The topological polar surface area (TPSA) is 64.0 Å². The van der Waals surface area contributed by atoms with Crippen molar-refractivity contribution in [3.8, 4) is 0 Å². The second kappa shape index (κ2) is 6.83. The van der Waals surface area contributed by atoms with Crippen LogP contribution in [0.2, 0.25) is 0 Å². The van der Waals surface area contributed by atoms with Gasteiger partial charge < -0.3 is 15.1 Å². The van der Waals surface area contributed by atoms with Crippen molar-refractivity contribution in [2.45, 2.75) is 18.6 Å². The van der Waals surface area contributed by atoms with Gasteiger partial charge in [-0.25, -0.2) is 0 Å². The van der Waals surface area contributed by atoms with E-state index in [1.165, 1.54) is 5.56 Å². The van der Waals surface area contributed by atoms with Crippen molar-refractivity contribution in [3.63, 3.8) is 0 Å². The van der Waals surface area contributed by atoms with Crippen LogP contribution < -0.4 is 0 Å². The molecule has 0 aromatic heterocycles. The summed E-state index contributed by atoms with van der Waals surface area (Å²) < 4.78 is 0. The Labute approximate surface area is 119 Å². The molecule has 0 bridgehead atoms. The molecule has 5 nitrogen and oxygen atoms in total. The van der Waals surface area contributed by atoms with E-state index in [9.17, 15) is 9.90 Å². The summed E-state index contributed by atoms with van der Waals surface area (Å²) in [5.41, 5.74) is 1.21. The summed E-state index contributed by atoms with van der Waals surface area (Å²) in [5, 5.41) is 18.6. The van der Waals surface area contributed by atoms with E-state index in [1.54, 1.807) is 0 Å². The summed E-state index contributed by atoms with van der Waals surface area (Å²) in [7, 11) is 2.08. The smallest absolute Gasteiger partial charge is 0.306 e. The Morgan fingerprint density at radius 2 is 2.05 bits per heavy atom. The van der Waals surface area contributed by atoms with Crippen LogP contribution in [0.15, 0.2) is 30.3 Å². The molecule has 1 aromatic carbocycles. The molecule has 2 unspecified atom stereocenters. The Kier molecular flexibility index (Phi) is 5.11. The molecule has 5 heteroatoms. The number of hydrogen-bond acceptors (Lipinski definition) is 4. The molecule has 1 saturated heterocycles. The van der Waals surface area contributed by atoms with Gasteiger partial charge in [0.05, 0.1) is 12.5 Å². The SMILES string of the molecule is CN1CCN(CC(O)CC(=O)O)C(c2ccccc2)C1. The minimum Gasteiger partial charge on any atom is -0.481 e. The Hall–Kier alpha value is -1.43. The summed E-state index contributed by atoms with van der Waals surface area (Å²) in [6, 6.07) is 10.4. The first kappa shape index (κ1) is 15.0. The lowest BCUT2D eigenvalue weighted by Gasteiger charge is -2.41. The van der Waals surface area contributed by atoms with Crippen molar-refractivity contribution in [1.82, 2.24) is 9.80 Å². The van der Waals surface area contributed by atoms with Crippen LogP contribution in [-0.2, 0) is 4.79 Å². The Balaban J connectivity index is 2.06. The lowest BCUT2D eigenvalue weighted by Crippen LogP contribution is -2.49. The average Bonchev–Trinajstić information content (AvgIpc) is 2.41. The average molecular weight is 278 g/mol. The number of aliphatic carboxylic acids is 1. The number of piperazine rings is 1. The van der Waals surface area contributed by atoms with E-state index < -0.39 is 12.1 Å². The van der Waals surface area contributed by atoms with Gasteiger partial charge in [0.1, 0.15) is 0 Å². The second-order valence-corrected chi connectivity index (χ2v) is 5.44. The number of likely N-dealkylation sites (N-methyl/N-ethyl adjacent to an activating group) is 1. The number of aliphatic hydroxyl groups is 1. The number of carbonyl (C=O) groups is 1. The van der Waals surface area contributed by atoms with Gasteiger partial charge in [-0.15, -0.1) is 0 Å². The predicted molar refractivity (Wildman–Crippen MR) is 76.5 cm³/mol. The second-order valence-electron chi connectivity index (χ2n) is 5.44. The Morgan fingerprint density at radius 1 is 1.35 bits per heavy atom. The first-order valence-electron chi connectivity index (χ1n) is 6.93. The predicted octanol–water partition coefficient (Wildman–Crippen LogP) is 0.811. The van der Waals surface area contributed by atoms with Crippen molar-refractivity contribution < 1.29 is 15.0 Å². The Bertz CT molecular complexity index is 438. The van der Waals surface area contributed by atoms with Crippen molar-refractivity contribution in [3.05, 3.63) is 35.9 Å². The molecule has 1 aromatic rings. The van der Waals surface area contributed by atoms with Gasteiger partial charge in [-0.3, -0.25) is 9.69 Å². The summed E-state index contributed by atoms with van der Waals surface area (Å²) in [6.45, 7) is 3.07. The standard InChI is InChI=1S/C15H22N2O3/c1-16-7-8-17(10-13(18)9-15(19)20)14(11-16)12-5-3-2-4-6-12/h2-6,13-14,18H,7-11H2,1H3,(H,19,20). The summed E-state index contributed by atoms with van der Waals surface area (Å²) >= 11 is 0. The molecular formula is C15H22N2O3. The highest BCUT2D eigenvalue weighted by atomic mass is 16.4. The first-order chi connectivity index (χ1) is 9.56. The van der Waals surface area contributed by atoms with E-state index in [1.807, 2.05) is 18.2 Å².